The summed E-state index contributed by atoms with van der Waals surface area (Å²) in [4.78, 5) is 25.5. The number of hydrazine groups is 1. The summed E-state index contributed by atoms with van der Waals surface area (Å²) in [5.74, 6) is 0.0155. The molecule has 0 saturated heterocycles. The van der Waals surface area contributed by atoms with Crippen LogP contribution < -0.4 is 21.9 Å². The van der Waals surface area contributed by atoms with Gasteiger partial charge in [0.05, 0.1) is 0 Å². The van der Waals surface area contributed by atoms with Gasteiger partial charge in [-0.25, -0.2) is 9.48 Å². The first-order chi connectivity index (χ1) is 15.5. The lowest BCUT2D eigenvalue weighted by Crippen LogP contribution is -2.46. The van der Waals surface area contributed by atoms with Gasteiger partial charge in [0.1, 0.15) is 6.54 Å². The van der Waals surface area contributed by atoms with Crippen molar-refractivity contribution >= 4 is 40.5 Å². The number of aryl methyl sites for hydroxylation is 1. The largest absolute Gasteiger partial charge is 0.346 e. The molecule has 1 aromatic heterocycles. The molecule has 3 N–H and O–H groups in total. The third kappa shape index (κ3) is 6.41. The van der Waals surface area contributed by atoms with Gasteiger partial charge in [0.2, 0.25) is 0 Å². The van der Waals surface area contributed by atoms with Gasteiger partial charge in [0.15, 0.2) is 10.9 Å². The molecule has 0 bridgehead atoms. The normalized spacial score (nSPS) is 10.6. The number of hydrogen-bond acceptors (Lipinski definition) is 4. The highest BCUT2D eigenvalue weighted by Crippen LogP contribution is 2.15. The number of anilines is 1. The average molecular weight is 473 g/mol. The zero-order valence-corrected chi connectivity index (χ0v) is 19.2. The van der Waals surface area contributed by atoms with Crippen molar-refractivity contribution in [2.24, 2.45) is 0 Å². The molecule has 2 aromatic carbocycles. The van der Waals surface area contributed by atoms with Crippen LogP contribution in [0.2, 0.25) is 5.02 Å². The minimum absolute atomic E-state index is 0.201. The fraction of sp³-hybridized carbons (Fsp3) is 0.273. The number of halogens is 1. The molecule has 0 aliphatic rings. The maximum atomic E-state index is 12.9. The van der Waals surface area contributed by atoms with Crippen LogP contribution in [0.3, 0.4) is 0 Å². The Morgan fingerprint density at radius 2 is 1.78 bits per heavy atom. The smallest absolute Gasteiger partial charge is 0.331 e. The number of amides is 1. The third-order valence-electron chi connectivity index (χ3n) is 4.65. The highest BCUT2D eigenvalue weighted by atomic mass is 35.5. The van der Waals surface area contributed by atoms with Crippen molar-refractivity contribution in [1.29, 1.82) is 0 Å². The first-order valence-electron chi connectivity index (χ1n) is 10.3. The molecule has 0 fully saturated rings. The Balaban J connectivity index is 1.68. The summed E-state index contributed by atoms with van der Waals surface area (Å²) in [6, 6.07) is 16.3. The molecule has 0 atom stereocenters. The summed E-state index contributed by atoms with van der Waals surface area (Å²) >= 11 is 11.1. The van der Waals surface area contributed by atoms with Gasteiger partial charge in [-0.15, -0.1) is 5.10 Å². The van der Waals surface area contributed by atoms with Gasteiger partial charge in [0, 0.05) is 22.8 Å². The summed E-state index contributed by atoms with van der Waals surface area (Å²) in [6.45, 7) is 2.40. The van der Waals surface area contributed by atoms with Crippen molar-refractivity contribution in [3.63, 3.8) is 0 Å². The average Bonchev–Trinajstić information content (AvgIpc) is 3.10. The van der Waals surface area contributed by atoms with E-state index in [1.54, 1.807) is 24.3 Å². The van der Waals surface area contributed by atoms with Gasteiger partial charge in [-0.1, -0.05) is 61.7 Å². The number of rotatable bonds is 8. The molecule has 1 amide bonds. The Hall–Kier alpha value is -3.17. The van der Waals surface area contributed by atoms with Crippen molar-refractivity contribution in [3.05, 3.63) is 70.1 Å². The molecule has 10 heteroatoms. The van der Waals surface area contributed by atoms with E-state index < -0.39 is 5.91 Å². The number of carbonyl (C=O) groups is 1. The predicted molar refractivity (Wildman–Crippen MR) is 130 cm³/mol. The van der Waals surface area contributed by atoms with Crippen molar-refractivity contribution < 1.29 is 4.79 Å². The fourth-order valence-electron chi connectivity index (χ4n) is 3.05. The molecule has 168 valence electrons. The van der Waals surface area contributed by atoms with Crippen LogP contribution in [0.1, 0.15) is 26.2 Å². The van der Waals surface area contributed by atoms with E-state index >= 15 is 0 Å². The molecule has 0 spiro atoms. The minimum atomic E-state index is -0.433. The van der Waals surface area contributed by atoms with Crippen molar-refractivity contribution in [1.82, 2.24) is 25.2 Å². The van der Waals surface area contributed by atoms with Gasteiger partial charge in [0.25, 0.3) is 5.91 Å². The maximum Gasteiger partial charge on any atom is 0.346 e. The van der Waals surface area contributed by atoms with Crippen LogP contribution in [0, 0.1) is 0 Å². The maximum absolute atomic E-state index is 12.9. The van der Waals surface area contributed by atoms with Crippen LogP contribution in [0.15, 0.2) is 59.4 Å². The lowest BCUT2D eigenvalue weighted by molar-refractivity contribution is -0.122. The number of thiocarbonyl (C=S) groups is 1. The zero-order chi connectivity index (χ0) is 22.9. The number of unbranched alkanes of at least 4 members (excludes halogenated alkanes) is 2. The Labute approximate surface area is 196 Å². The van der Waals surface area contributed by atoms with E-state index in [0.717, 1.165) is 30.5 Å². The number of hydrogen-bond donors (Lipinski definition) is 3. The van der Waals surface area contributed by atoms with Gasteiger partial charge >= 0.3 is 5.69 Å². The van der Waals surface area contributed by atoms with Crippen LogP contribution in [0.5, 0.6) is 0 Å². The molecule has 3 rings (SSSR count). The first-order valence-corrected chi connectivity index (χ1v) is 11.1. The molecule has 1 heterocycles. The zero-order valence-electron chi connectivity index (χ0n) is 17.7. The summed E-state index contributed by atoms with van der Waals surface area (Å²) in [7, 11) is 0. The molecule has 0 unspecified atom stereocenters. The lowest BCUT2D eigenvalue weighted by atomic mass is 10.2. The molecule has 0 saturated carbocycles. The van der Waals surface area contributed by atoms with Crippen molar-refractivity contribution in [3.8, 4) is 11.4 Å². The first kappa shape index (κ1) is 23.5. The fourth-order valence-corrected chi connectivity index (χ4v) is 3.34. The van der Waals surface area contributed by atoms with Crippen LogP contribution in [0.4, 0.5) is 5.69 Å². The summed E-state index contributed by atoms with van der Waals surface area (Å²) < 4.78 is 2.79. The van der Waals surface area contributed by atoms with Gasteiger partial charge in [-0.05, 0) is 42.9 Å². The molecular formula is C22H25ClN6O2S. The predicted octanol–water partition coefficient (Wildman–Crippen LogP) is 3.57. The molecular weight excluding hydrogens is 448 g/mol. The van der Waals surface area contributed by atoms with Crippen LogP contribution in [-0.4, -0.2) is 25.4 Å². The van der Waals surface area contributed by atoms with E-state index in [4.69, 9.17) is 23.8 Å². The standard InChI is InChI=1S/C22H25ClN6O2S/c1-2-3-7-14-29-22(31)28(20(27-29)16-8-5-4-6-9-16)15-19(30)25-26-21(32)24-18-12-10-17(23)11-13-18/h4-6,8-13H,2-3,7,14-15H2,1H3,(H,25,30)(H2,24,26,32). The molecule has 8 nitrogen and oxygen atoms in total. The topological polar surface area (TPSA) is 93.0 Å². The van der Waals surface area contributed by atoms with Crippen LogP contribution in [-0.2, 0) is 17.9 Å². The Morgan fingerprint density at radius 1 is 1.06 bits per heavy atom. The molecule has 0 radical (unpaired) electrons. The van der Waals surface area contributed by atoms with E-state index in [-0.39, 0.29) is 17.3 Å². The van der Waals surface area contributed by atoms with E-state index in [2.05, 4.69) is 28.2 Å². The molecule has 0 aliphatic heterocycles. The van der Waals surface area contributed by atoms with E-state index in [0.29, 0.717) is 17.4 Å². The number of aromatic nitrogens is 3. The molecule has 32 heavy (non-hydrogen) atoms. The SMILES string of the molecule is CCCCCn1nc(-c2ccccc2)n(CC(=O)NNC(=S)Nc2ccc(Cl)cc2)c1=O. The Kier molecular flexibility index (Phi) is 8.41. The molecule has 0 aliphatic carbocycles. The second kappa shape index (κ2) is 11.4. The second-order valence-electron chi connectivity index (χ2n) is 7.12. The number of benzene rings is 2. The minimum Gasteiger partial charge on any atom is -0.331 e. The third-order valence-corrected chi connectivity index (χ3v) is 5.10. The van der Waals surface area contributed by atoms with Gasteiger partial charge in [-0.3, -0.25) is 20.2 Å². The van der Waals surface area contributed by atoms with Crippen LogP contribution in [0.25, 0.3) is 11.4 Å². The van der Waals surface area contributed by atoms with E-state index in [9.17, 15) is 9.59 Å². The lowest BCUT2D eigenvalue weighted by Gasteiger charge is -2.12. The Bertz CT molecular complexity index is 1110. The Morgan fingerprint density at radius 3 is 2.47 bits per heavy atom. The van der Waals surface area contributed by atoms with Gasteiger partial charge in [-0.2, -0.15) is 0 Å². The number of nitrogens with zero attached hydrogens (tertiary/aromatic N) is 3. The van der Waals surface area contributed by atoms with E-state index in [1.807, 2.05) is 30.3 Å². The monoisotopic (exact) mass is 472 g/mol. The van der Waals surface area contributed by atoms with Gasteiger partial charge < -0.3 is 5.32 Å². The number of nitrogens with one attached hydrogen (secondary N) is 3. The number of carbonyl (C=O) groups excluding carboxylic acids is 1. The quantitative estimate of drug-likeness (QED) is 0.263. The summed E-state index contributed by atoms with van der Waals surface area (Å²) in [5, 5.41) is 8.22. The van der Waals surface area contributed by atoms with E-state index in [1.165, 1.54) is 9.25 Å². The van der Waals surface area contributed by atoms with Crippen molar-refractivity contribution in [2.45, 2.75) is 39.3 Å². The highest BCUT2D eigenvalue weighted by Gasteiger charge is 2.17. The van der Waals surface area contributed by atoms with Crippen molar-refractivity contribution in [2.75, 3.05) is 5.32 Å². The molecule has 3 aromatic rings. The highest BCUT2D eigenvalue weighted by molar-refractivity contribution is 7.80. The van der Waals surface area contributed by atoms with Crippen LogP contribution >= 0.6 is 23.8 Å². The summed E-state index contributed by atoms with van der Waals surface area (Å²) in [6.07, 6.45) is 2.89. The second-order valence-corrected chi connectivity index (χ2v) is 7.97. The summed E-state index contributed by atoms with van der Waals surface area (Å²) in [5.41, 5.74) is 6.31.